The van der Waals surface area contributed by atoms with Crippen molar-refractivity contribution in [2.75, 3.05) is 12.3 Å². The van der Waals surface area contributed by atoms with Gasteiger partial charge in [0.2, 0.25) is 0 Å². The monoisotopic (exact) mass is 474 g/mol. The van der Waals surface area contributed by atoms with Crippen LogP contribution in [0.15, 0.2) is 12.7 Å². The Labute approximate surface area is 181 Å². The maximum absolute atomic E-state index is 12.0. The molecule has 0 radical (unpaired) electrons. The van der Waals surface area contributed by atoms with Crippen LogP contribution < -0.4 is 10.5 Å². The van der Waals surface area contributed by atoms with Crippen molar-refractivity contribution >= 4 is 33.2 Å². The van der Waals surface area contributed by atoms with Crippen LogP contribution >= 0.6 is 0 Å². The van der Waals surface area contributed by atoms with E-state index in [4.69, 9.17) is 10.5 Å². The highest BCUT2D eigenvalue weighted by atomic mass is 32.2. The second-order valence-electron chi connectivity index (χ2n) is 7.61. The highest BCUT2D eigenvalue weighted by molar-refractivity contribution is 7.85. The first-order chi connectivity index (χ1) is 15.1. The van der Waals surface area contributed by atoms with Gasteiger partial charge in [0.15, 0.2) is 23.8 Å². The second kappa shape index (κ2) is 8.47. The number of nitrogen functional groups attached to an aromatic ring is 1. The quantitative estimate of drug-likeness (QED) is 0.219. The maximum atomic E-state index is 12.0. The molecule has 1 amide bonds. The number of carbonyl (C=O) groups is 1. The molecule has 0 unspecified atom stereocenters. The van der Waals surface area contributed by atoms with Gasteiger partial charge >= 0.3 is 10.3 Å². The van der Waals surface area contributed by atoms with Gasteiger partial charge < -0.3 is 30.9 Å². The Morgan fingerprint density at radius 1 is 1.28 bits per heavy atom. The van der Waals surface area contributed by atoms with Crippen molar-refractivity contribution in [2.24, 2.45) is 5.92 Å². The molecule has 1 saturated carbocycles. The number of rotatable bonds is 8. The minimum atomic E-state index is -4.70. The summed E-state index contributed by atoms with van der Waals surface area (Å²) >= 11 is 0. The summed E-state index contributed by atoms with van der Waals surface area (Å²) in [7, 11) is -4.70. The Hall–Kier alpha value is -2.47. The largest absolute Gasteiger partial charge is 0.390 e. The highest BCUT2D eigenvalue weighted by Gasteiger charge is 2.45. The number of hydrogen-bond acceptors (Lipinski definition) is 13. The van der Waals surface area contributed by atoms with Gasteiger partial charge in [0.05, 0.1) is 19.0 Å². The molecule has 0 spiro atoms. The lowest BCUT2D eigenvalue weighted by atomic mass is 10.1. The molecule has 1 aliphatic heterocycles. The van der Waals surface area contributed by atoms with Crippen molar-refractivity contribution in [2.45, 2.75) is 49.6 Å². The number of carbonyl (C=O) groups excluding carboxylic acids is 1. The van der Waals surface area contributed by atoms with E-state index < -0.39 is 59.6 Å². The zero-order valence-electron chi connectivity index (χ0n) is 16.4. The third kappa shape index (κ3) is 4.38. The number of ether oxygens (including phenoxy) is 1. The van der Waals surface area contributed by atoms with E-state index in [0.717, 1.165) is 0 Å². The molecule has 176 valence electrons. The molecule has 2 aliphatic rings. The first kappa shape index (κ1) is 22.7. The Balaban J connectivity index is 1.39. The standard InChI is InChI=1S/C16H22N6O9S/c17-13-8-14(19-4-18-13)22(5-20-8)16-12(26)10(24)7(31-16)3-30-32(28,29)21-15(27)11(25)9(23)6-1-2-6/h4-7,9-12,16,23-26H,1-3H2,(H,21,27)(H2,17,18,19)/t7-,9-,10-,11+,12-,16-/m1/s1. The molecule has 16 heteroatoms. The molecule has 7 N–H and O–H groups in total. The summed E-state index contributed by atoms with van der Waals surface area (Å²) in [5, 5.41) is 40.1. The topological polar surface area (TPSA) is 232 Å². The number of nitrogens with zero attached hydrogens (tertiary/aromatic N) is 4. The van der Waals surface area contributed by atoms with Crippen molar-refractivity contribution in [1.29, 1.82) is 0 Å². The summed E-state index contributed by atoms with van der Waals surface area (Å²) in [6, 6.07) is 0. The molecule has 3 heterocycles. The molecule has 2 aromatic rings. The Kier molecular flexibility index (Phi) is 6.01. The molecular formula is C16H22N6O9S. The Morgan fingerprint density at radius 3 is 2.69 bits per heavy atom. The van der Waals surface area contributed by atoms with Gasteiger partial charge in [-0.2, -0.15) is 8.42 Å². The molecule has 4 rings (SSSR count). The lowest BCUT2D eigenvalue weighted by molar-refractivity contribution is -0.134. The van der Waals surface area contributed by atoms with Gasteiger partial charge in [0.1, 0.15) is 30.2 Å². The summed E-state index contributed by atoms with van der Waals surface area (Å²) in [5.74, 6) is -1.52. The fraction of sp³-hybridized carbons (Fsp3) is 0.625. The molecule has 0 aromatic carbocycles. The van der Waals surface area contributed by atoms with Crippen molar-refractivity contribution in [3.8, 4) is 0 Å². The number of fused-ring (bicyclic) bond motifs is 1. The van der Waals surface area contributed by atoms with Crippen LogP contribution in [0.1, 0.15) is 19.1 Å². The summed E-state index contributed by atoms with van der Waals surface area (Å²) < 4.78 is 37.0. The minimum absolute atomic E-state index is 0.0949. The average molecular weight is 474 g/mol. The predicted octanol–water partition coefficient (Wildman–Crippen LogP) is -3.46. The van der Waals surface area contributed by atoms with Gasteiger partial charge in [-0.15, -0.1) is 0 Å². The van der Waals surface area contributed by atoms with E-state index in [1.54, 1.807) is 0 Å². The zero-order valence-corrected chi connectivity index (χ0v) is 17.2. The highest BCUT2D eigenvalue weighted by Crippen LogP contribution is 2.34. The number of nitrogens with one attached hydrogen (secondary N) is 1. The fourth-order valence-electron chi connectivity index (χ4n) is 3.37. The van der Waals surface area contributed by atoms with Crippen molar-refractivity contribution in [3.05, 3.63) is 12.7 Å². The van der Waals surface area contributed by atoms with E-state index in [1.165, 1.54) is 21.9 Å². The third-order valence-electron chi connectivity index (χ3n) is 5.31. The van der Waals surface area contributed by atoms with E-state index in [1.807, 2.05) is 0 Å². The fourth-order valence-corrected chi connectivity index (χ4v) is 4.11. The summed E-state index contributed by atoms with van der Waals surface area (Å²) in [6.07, 6.45) is -5.17. The number of anilines is 1. The van der Waals surface area contributed by atoms with Crippen LogP contribution in [0, 0.1) is 5.92 Å². The maximum Gasteiger partial charge on any atom is 0.362 e. The molecule has 2 fully saturated rings. The van der Waals surface area contributed by atoms with E-state index >= 15 is 0 Å². The van der Waals surface area contributed by atoms with Gasteiger partial charge in [-0.3, -0.25) is 13.5 Å². The van der Waals surface area contributed by atoms with Crippen molar-refractivity contribution < 1.29 is 42.6 Å². The smallest absolute Gasteiger partial charge is 0.362 e. The van der Waals surface area contributed by atoms with Crippen LogP contribution in [-0.2, 0) is 24.0 Å². The zero-order chi connectivity index (χ0) is 23.2. The second-order valence-corrected chi connectivity index (χ2v) is 8.96. The van der Waals surface area contributed by atoms with Gasteiger partial charge in [-0.25, -0.2) is 19.7 Å². The SMILES string of the molecule is Nc1ncnc2c1ncn2[C@@H]1O[C@H](COS(=O)(=O)NC(=O)[C@@H](O)[C@H](O)C2CC2)[C@@H](O)[C@H]1O. The lowest BCUT2D eigenvalue weighted by Gasteiger charge is -2.18. The van der Waals surface area contributed by atoms with Gasteiger partial charge in [-0.05, 0) is 18.8 Å². The number of nitrogens with two attached hydrogens (primary N) is 1. The molecule has 0 bridgehead atoms. The number of imidazole rings is 1. The Morgan fingerprint density at radius 2 is 2.00 bits per heavy atom. The van der Waals surface area contributed by atoms with Crippen molar-refractivity contribution in [1.82, 2.24) is 24.2 Å². The van der Waals surface area contributed by atoms with Crippen LogP contribution in [-0.4, -0.2) is 91.4 Å². The molecule has 32 heavy (non-hydrogen) atoms. The number of aromatic nitrogens is 4. The first-order valence-electron chi connectivity index (χ1n) is 9.61. The Bertz CT molecular complexity index is 1110. The van der Waals surface area contributed by atoms with Gasteiger partial charge in [-0.1, -0.05) is 0 Å². The minimum Gasteiger partial charge on any atom is -0.390 e. The van der Waals surface area contributed by atoms with E-state index in [9.17, 15) is 33.6 Å². The average Bonchev–Trinajstić information content (AvgIpc) is 3.45. The third-order valence-corrected chi connectivity index (χ3v) is 6.21. The lowest BCUT2D eigenvalue weighted by Crippen LogP contribution is -2.46. The van der Waals surface area contributed by atoms with Gasteiger partial charge in [0.25, 0.3) is 5.91 Å². The van der Waals surface area contributed by atoms with Crippen LogP contribution in [0.5, 0.6) is 0 Å². The van der Waals surface area contributed by atoms with E-state index in [2.05, 4.69) is 19.1 Å². The number of aliphatic hydroxyl groups excluding tert-OH is 4. The summed E-state index contributed by atoms with van der Waals surface area (Å²) in [5.41, 5.74) is 6.18. The molecular weight excluding hydrogens is 452 g/mol. The van der Waals surface area contributed by atoms with Gasteiger partial charge in [0, 0.05) is 0 Å². The summed E-state index contributed by atoms with van der Waals surface area (Å²) in [4.78, 5) is 23.7. The first-order valence-corrected chi connectivity index (χ1v) is 11.0. The molecule has 6 atom stereocenters. The predicted molar refractivity (Wildman–Crippen MR) is 103 cm³/mol. The van der Waals surface area contributed by atoms with E-state index in [0.29, 0.717) is 12.8 Å². The molecule has 2 aromatic heterocycles. The number of hydrogen-bond donors (Lipinski definition) is 6. The van der Waals surface area contributed by atoms with Crippen LogP contribution in [0.3, 0.4) is 0 Å². The number of aliphatic hydroxyl groups is 4. The molecule has 1 saturated heterocycles. The van der Waals surface area contributed by atoms with E-state index in [-0.39, 0.29) is 22.9 Å². The van der Waals surface area contributed by atoms with Crippen LogP contribution in [0.2, 0.25) is 0 Å². The van der Waals surface area contributed by atoms with Crippen LogP contribution in [0.25, 0.3) is 11.2 Å². The van der Waals surface area contributed by atoms with Crippen molar-refractivity contribution in [3.63, 3.8) is 0 Å². The van der Waals surface area contributed by atoms with Crippen LogP contribution in [0.4, 0.5) is 5.82 Å². The molecule has 15 nitrogen and oxygen atoms in total. The molecule has 1 aliphatic carbocycles. The number of amides is 1. The summed E-state index contributed by atoms with van der Waals surface area (Å²) in [6.45, 7) is -0.762. The normalized spacial score (nSPS) is 28.0.